The number of carbonyl (C=O) groups excluding carboxylic acids is 1. The number of hydrogen-bond acceptors (Lipinski definition) is 3. The molecule has 0 saturated carbocycles. The van der Waals surface area contributed by atoms with Crippen LogP contribution in [0, 0.1) is 0 Å². The average molecular weight is 130 g/mol. The van der Waals surface area contributed by atoms with Crippen LogP contribution in [0.3, 0.4) is 0 Å². The first kappa shape index (κ1) is 8.33. The Morgan fingerprint density at radius 3 is 2.67 bits per heavy atom. The molecule has 52 valence electrons. The summed E-state index contributed by atoms with van der Waals surface area (Å²) in [6.07, 6.45) is 0.200. The third-order valence-electron chi connectivity index (χ3n) is 0.896. The van der Waals surface area contributed by atoms with Gasteiger partial charge >= 0.3 is 0 Å². The van der Waals surface area contributed by atoms with Gasteiger partial charge in [-0.25, -0.2) is 4.89 Å². The van der Waals surface area contributed by atoms with Crippen molar-refractivity contribution < 1.29 is 14.9 Å². The summed E-state index contributed by atoms with van der Waals surface area (Å²) < 4.78 is 0. The molecule has 0 atom stereocenters. The van der Waals surface area contributed by atoms with Crippen molar-refractivity contribution in [3.8, 4) is 0 Å². The first-order valence-corrected chi connectivity index (χ1v) is 2.63. The minimum Gasteiger partial charge on any atom is -0.294 e. The van der Waals surface area contributed by atoms with E-state index in [4.69, 9.17) is 5.26 Å². The van der Waals surface area contributed by atoms with Crippen LogP contribution < -0.4 is 0 Å². The van der Waals surface area contributed by atoms with Crippen molar-refractivity contribution in [2.75, 3.05) is 6.61 Å². The molecular formula is C6H10O3. The molecule has 0 amide bonds. The van der Waals surface area contributed by atoms with Crippen LogP contribution in [0.1, 0.15) is 13.3 Å². The molecule has 0 fully saturated rings. The zero-order valence-electron chi connectivity index (χ0n) is 5.39. The monoisotopic (exact) mass is 130 g/mol. The van der Waals surface area contributed by atoms with Crippen molar-refractivity contribution in [1.82, 2.24) is 0 Å². The van der Waals surface area contributed by atoms with Crippen LogP contribution in [0.15, 0.2) is 12.2 Å². The van der Waals surface area contributed by atoms with Crippen LogP contribution in [-0.2, 0) is 9.68 Å². The molecular weight excluding hydrogens is 120 g/mol. The fraction of sp³-hybridized carbons (Fsp3) is 0.500. The molecule has 0 aliphatic rings. The van der Waals surface area contributed by atoms with Crippen molar-refractivity contribution >= 4 is 5.78 Å². The van der Waals surface area contributed by atoms with E-state index < -0.39 is 0 Å². The summed E-state index contributed by atoms with van der Waals surface area (Å²) in [5.41, 5.74) is 0.493. The second-order valence-corrected chi connectivity index (χ2v) is 1.79. The van der Waals surface area contributed by atoms with Crippen molar-refractivity contribution in [2.45, 2.75) is 13.3 Å². The van der Waals surface area contributed by atoms with E-state index >= 15 is 0 Å². The Hall–Kier alpha value is -0.670. The number of ketones is 1. The first-order valence-electron chi connectivity index (χ1n) is 2.63. The molecule has 0 aromatic heterocycles. The van der Waals surface area contributed by atoms with E-state index in [0.29, 0.717) is 5.57 Å². The van der Waals surface area contributed by atoms with Crippen LogP contribution in [0.4, 0.5) is 0 Å². The zero-order chi connectivity index (χ0) is 7.28. The highest BCUT2D eigenvalue weighted by Crippen LogP contribution is 1.93. The Kier molecular flexibility index (Phi) is 3.92. The van der Waals surface area contributed by atoms with Crippen LogP contribution >= 0.6 is 0 Å². The van der Waals surface area contributed by atoms with Gasteiger partial charge in [-0.2, -0.15) is 0 Å². The smallest absolute Gasteiger partial charge is 0.160 e. The Bertz CT molecular complexity index is 117. The number of hydrogen-bond donors (Lipinski definition) is 1. The molecule has 0 heterocycles. The van der Waals surface area contributed by atoms with Crippen LogP contribution in [0.25, 0.3) is 0 Å². The van der Waals surface area contributed by atoms with Crippen LogP contribution in [0.5, 0.6) is 0 Å². The van der Waals surface area contributed by atoms with E-state index in [1.165, 1.54) is 0 Å². The molecule has 0 aliphatic carbocycles. The SMILES string of the molecule is C=C(C)C(=O)CCOO. The second-order valence-electron chi connectivity index (χ2n) is 1.79. The van der Waals surface area contributed by atoms with Crippen LogP contribution in [-0.4, -0.2) is 17.6 Å². The number of rotatable bonds is 4. The number of allylic oxidation sites excluding steroid dienone is 1. The summed E-state index contributed by atoms with van der Waals surface area (Å²) in [6.45, 7) is 5.09. The lowest BCUT2D eigenvalue weighted by Crippen LogP contribution is -2.02. The topological polar surface area (TPSA) is 46.5 Å². The molecule has 0 rings (SSSR count). The molecule has 0 spiro atoms. The van der Waals surface area contributed by atoms with Crippen LogP contribution in [0.2, 0.25) is 0 Å². The van der Waals surface area contributed by atoms with Gasteiger partial charge in [0.1, 0.15) is 0 Å². The van der Waals surface area contributed by atoms with Crippen molar-refractivity contribution in [3.05, 3.63) is 12.2 Å². The van der Waals surface area contributed by atoms with Gasteiger partial charge in [0.2, 0.25) is 0 Å². The van der Waals surface area contributed by atoms with Gasteiger partial charge in [-0.3, -0.25) is 10.1 Å². The molecule has 0 bridgehead atoms. The molecule has 0 aromatic rings. The van der Waals surface area contributed by atoms with E-state index in [-0.39, 0.29) is 18.8 Å². The molecule has 3 heteroatoms. The molecule has 0 radical (unpaired) electrons. The predicted molar refractivity (Wildman–Crippen MR) is 33.0 cm³/mol. The molecule has 0 aromatic carbocycles. The van der Waals surface area contributed by atoms with Gasteiger partial charge in [0, 0.05) is 6.42 Å². The normalized spacial score (nSPS) is 9.11. The second kappa shape index (κ2) is 4.23. The Balaban J connectivity index is 3.39. The fourth-order valence-electron chi connectivity index (χ4n) is 0.352. The largest absolute Gasteiger partial charge is 0.294 e. The molecule has 9 heavy (non-hydrogen) atoms. The van der Waals surface area contributed by atoms with Gasteiger partial charge < -0.3 is 0 Å². The third-order valence-corrected chi connectivity index (χ3v) is 0.896. The maximum absolute atomic E-state index is 10.6. The van der Waals surface area contributed by atoms with E-state index in [2.05, 4.69) is 11.5 Å². The lowest BCUT2D eigenvalue weighted by molar-refractivity contribution is -0.241. The highest BCUT2D eigenvalue weighted by molar-refractivity contribution is 5.94. The Morgan fingerprint density at radius 2 is 2.33 bits per heavy atom. The zero-order valence-corrected chi connectivity index (χ0v) is 5.39. The summed E-state index contributed by atoms with van der Waals surface area (Å²) >= 11 is 0. The fourth-order valence-corrected chi connectivity index (χ4v) is 0.352. The average Bonchev–Trinajstić information content (AvgIpc) is 1.82. The van der Waals surface area contributed by atoms with Gasteiger partial charge in [-0.05, 0) is 12.5 Å². The highest BCUT2D eigenvalue weighted by atomic mass is 17.1. The molecule has 0 saturated heterocycles. The summed E-state index contributed by atoms with van der Waals surface area (Å²) in [7, 11) is 0. The lowest BCUT2D eigenvalue weighted by atomic mass is 10.2. The van der Waals surface area contributed by atoms with Gasteiger partial charge in [0.05, 0.1) is 6.61 Å². The maximum Gasteiger partial charge on any atom is 0.160 e. The standard InChI is InChI=1S/C6H10O3/c1-5(2)6(7)3-4-9-8/h8H,1,3-4H2,2H3. The quantitative estimate of drug-likeness (QED) is 0.351. The van der Waals surface area contributed by atoms with Crippen molar-refractivity contribution in [3.63, 3.8) is 0 Å². The summed E-state index contributed by atoms with van der Waals surface area (Å²) in [5, 5.41) is 7.82. The minimum absolute atomic E-state index is 0.0473. The van der Waals surface area contributed by atoms with Gasteiger partial charge in [-0.1, -0.05) is 6.58 Å². The lowest BCUT2D eigenvalue weighted by Gasteiger charge is -1.94. The van der Waals surface area contributed by atoms with E-state index in [1.807, 2.05) is 0 Å². The minimum atomic E-state index is -0.0796. The Morgan fingerprint density at radius 1 is 1.78 bits per heavy atom. The summed E-state index contributed by atoms with van der Waals surface area (Å²) in [5.74, 6) is -0.0796. The highest BCUT2D eigenvalue weighted by Gasteiger charge is 2.00. The van der Waals surface area contributed by atoms with Crippen molar-refractivity contribution in [1.29, 1.82) is 0 Å². The van der Waals surface area contributed by atoms with Gasteiger partial charge in [0.25, 0.3) is 0 Å². The van der Waals surface area contributed by atoms with Crippen molar-refractivity contribution in [2.24, 2.45) is 0 Å². The molecule has 0 unspecified atom stereocenters. The predicted octanol–water partition coefficient (Wildman–Crippen LogP) is 1.01. The van der Waals surface area contributed by atoms with E-state index in [0.717, 1.165) is 0 Å². The number of Topliss-reactive ketones (excluding diaryl/α,β-unsaturated/α-hetero) is 1. The molecule has 1 N–H and O–H groups in total. The Labute approximate surface area is 53.9 Å². The molecule has 3 nitrogen and oxygen atoms in total. The first-order chi connectivity index (χ1) is 4.18. The maximum atomic E-state index is 10.6. The van der Waals surface area contributed by atoms with E-state index in [9.17, 15) is 4.79 Å². The molecule has 0 aliphatic heterocycles. The van der Waals surface area contributed by atoms with E-state index in [1.54, 1.807) is 6.92 Å². The number of carbonyl (C=O) groups is 1. The van der Waals surface area contributed by atoms with Gasteiger partial charge in [0.15, 0.2) is 5.78 Å². The summed E-state index contributed by atoms with van der Waals surface area (Å²) in [6, 6.07) is 0. The van der Waals surface area contributed by atoms with Gasteiger partial charge in [-0.15, -0.1) is 0 Å². The summed E-state index contributed by atoms with van der Waals surface area (Å²) in [4.78, 5) is 14.3. The third kappa shape index (κ3) is 3.88.